The maximum atomic E-state index is 13.9. The molecule has 0 saturated carbocycles. The maximum Gasteiger partial charge on any atom is 0.345 e. The molecule has 0 N–H and O–H groups in total. The summed E-state index contributed by atoms with van der Waals surface area (Å²) in [6, 6.07) is 0. The lowest BCUT2D eigenvalue weighted by molar-refractivity contribution is -0.164. The first-order chi connectivity index (χ1) is 16.1. The van der Waals surface area contributed by atoms with Crippen LogP contribution in [0.1, 0.15) is 47.5 Å². The van der Waals surface area contributed by atoms with Crippen LogP contribution in [-0.4, -0.2) is 87.8 Å². The van der Waals surface area contributed by atoms with Gasteiger partial charge >= 0.3 is 23.9 Å². The number of nitrogens with zero attached hydrogens (tertiary/aromatic N) is 1. The van der Waals surface area contributed by atoms with Gasteiger partial charge in [0.25, 0.3) is 5.54 Å². The summed E-state index contributed by atoms with van der Waals surface area (Å²) < 4.78 is 44.2. The molecular weight excluding hydrogens is 473 g/mol. The fraction of sp³-hybridized carbons (Fsp3) is 0.762. The van der Waals surface area contributed by atoms with Crippen molar-refractivity contribution >= 4 is 37.6 Å². The van der Waals surface area contributed by atoms with Crippen LogP contribution in [0.15, 0.2) is 4.99 Å². The topological polar surface area (TPSA) is 153 Å². The molecular formula is C21H36NO11P. The van der Waals surface area contributed by atoms with Gasteiger partial charge in [-0.25, -0.2) is 14.6 Å². The van der Waals surface area contributed by atoms with E-state index in [2.05, 4.69) is 4.99 Å². The monoisotopic (exact) mass is 509 g/mol. The largest absolute Gasteiger partial charge is 0.487 e. The number of rotatable bonds is 17. The summed E-state index contributed by atoms with van der Waals surface area (Å²) in [5.41, 5.74) is -3.78. The van der Waals surface area contributed by atoms with Gasteiger partial charge in [-0.2, -0.15) is 0 Å². The molecule has 0 bridgehead atoms. The van der Waals surface area contributed by atoms with Crippen LogP contribution in [0.4, 0.5) is 0 Å². The molecule has 196 valence electrons. The van der Waals surface area contributed by atoms with Gasteiger partial charge in [0.15, 0.2) is 6.40 Å². The number of methoxy groups -OCH3 is 1. The molecule has 0 aromatic rings. The van der Waals surface area contributed by atoms with Crippen LogP contribution in [0.25, 0.3) is 0 Å². The Labute approximate surface area is 200 Å². The normalized spacial score (nSPS) is 14.1. The van der Waals surface area contributed by atoms with E-state index in [1.165, 1.54) is 21.0 Å². The fourth-order valence-electron chi connectivity index (χ4n) is 2.95. The Morgan fingerprint density at radius 3 is 1.82 bits per heavy atom. The van der Waals surface area contributed by atoms with Gasteiger partial charge < -0.3 is 28.2 Å². The fourth-order valence-corrected chi connectivity index (χ4v) is 5.46. The highest BCUT2D eigenvalue weighted by molar-refractivity contribution is 7.60. The number of carbonyl (C=O) groups excluding carboxylic acids is 4. The lowest BCUT2D eigenvalue weighted by atomic mass is 9.97. The molecule has 0 aromatic heterocycles. The molecule has 0 aliphatic rings. The third-order valence-electron chi connectivity index (χ3n) is 4.44. The number of esters is 4. The van der Waals surface area contributed by atoms with Crippen LogP contribution in [0.3, 0.4) is 0 Å². The predicted molar refractivity (Wildman–Crippen MR) is 122 cm³/mol. The van der Waals surface area contributed by atoms with E-state index in [1.807, 2.05) is 0 Å². The van der Waals surface area contributed by atoms with Gasteiger partial charge in [-0.15, -0.1) is 0 Å². The van der Waals surface area contributed by atoms with Gasteiger partial charge in [0.2, 0.25) is 7.37 Å². The van der Waals surface area contributed by atoms with Crippen LogP contribution in [0.2, 0.25) is 0 Å². The first kappa shape index (κ1) is 31.5. The molecule has 0 amide bonds. The molecule has 0 aromatic carbocycles. The second kappa shape index (κ2) is 16.2. The number of carbonyl (C=O) groups is 4. The standard InChI is InChI=1S/C21H36NO11P/c1-7-29-17(23)14-16(18(24)30-8-2)34(27,33-11-5)13-12-21(22-15-28-6,19(25)31-9-3)20(26)32-10-4/h15-16H,7-14H2,1-6H3. The SMILES string of the molecule is CCOC(=O)CC(C(=O)OCC)P(=O)(CCC(N=COC)(C(=O)OCC)C(=O)OCC)OCC. The van der Waals surface area contributed by atoms with Gasteiger partial charge in [0, 0.05) is 12.6 Å². The first-order valence-corrected chi connectivity index (χ1v) is 13.0. The van der Waals surface area contributed by atoms with Crippen molar-refractivity contribution < 1.29 is 52.0 Å². The van der Waals surface area contributed by atoms with E-state index in [-0.39, 0.29) is 33.0 Å². The summed E-state index contributed by atoms with van der Waals surface area (Å²) >= 11 is 0. The highest BCUT2D eigenvalue weighted by Crippen LogP contribution is 2.55. The van der Waals surface area contributed by atoms with Crippen molar-refractivity contribution in [2.75, 3.05) is 46.3 Å². The minimum Gasteiger partial charge on any atom is -0.487 e. The zero-order valence-corrected chi connectivity index (χ0v) is 21.6. The highest BCUT2D eigenvalue weighted by atomic mass is 31.2. The van der Waals surface area contributed by atoms with Crippen LogP contribution < -0.4 is 0 Å². The van der Waals surface area contributed by atoms with Crippen LogP contribution in [0.5, 0.6) is 0 Å². The number of hydrogen-bond acceptors (Lipinski definition) is 12. The average Bonchev–Trinajstić information content (AvgIpc) is 2.78. The predicted octanol–water partition coefficient (Wildman–Crippen LogP) is 2.12. The Bertz CT molecular complexity index is 735. The van der Waals surface area contributed by atoms with Crippen molar-refractivity contribution in [1.29, 1.82) is 0 Å². The molecule has 34 heavy (non-hydrogen) atoms. The third kappa shape index (κ3) is 9.06. The Kier molecular flexibility index (Phi) is 15.0. The lowest BCUT2D eigenvalue weighted by Crippen LogP contribution is -2.48. The van der Waals surface area contributed by atoms with Gasteiger partial charge in [0.05, 0.1) is 46.6 Å². The second-order valence-corrected chi connectivity index (χ2v) is 9.45. The quantitative estimate of drug-likeness (QED) is 0.0707. The van der Waals surface area contributed by atoms with E-state index >= 15 is 0 Å². The highest BCUT2D eigenvalue weighted by Gasteiger charge is 2.52. The Morgan fingerprint density at radius 1 is 0.853 bits per heavy atom. The molecule has 13 heteroatoms. The van der Waals surface area contributed by atoms with Crippen molar-refractivity contribution in [2.24, 2.45) is 4.99 Å². The Hall–Kier alpha value is -2.46. The number of aliphatic imine (C=N–C) groups is 1. The van der Waals surface area contributed by atoms with Crippen molar-refractivity contribution in [3.05, 3.63) is 0 Å². The summed E-state index contributed by atoms with van der Waals surface area (Å²) in [5.74, 6) is -3.81. The Balaban J connectivity index is 6.42. The smallest absolute Gasteiger partial charge is 0.345 e. The summed E-state index contributed by atoms with van der Waals surface area (Å²) in [4.78, 5) is 54.4. The van der Waals surface area contributed by atoms with Crippen molar-refractivity contribution in [1.82, 2.24) is 0 Å². The maximum absolute atomic E-state index is 13.9. The van der Waals surface area contributed by atoms with Gasteiger partial charge in [-0.05, 0) is 34.6 Å². The molecule has 0 spiro atoms. The van der Waals surface area contributed by atoms with Gasteiger partial charge in [-0.3, -0.25) is 14.2 Å². The molecule has 2 atom stereocenters. The zero-order valence-electron chi connectivity index (χ0n) is 20.7. The molecule has 0 saturated heterocycles. The second-order valence-electron chi connectivity index (χ2n) is 6.67. The first-order valence-electron chi connectivity index (χ1n) is 11.1. The van der Waals surface area contributed by atoms with E-state index in [0.717, 1.165) is 6.40 Å². The third-order valence-corrected chi connectivity index (χ3v) is 7.32. The van der Waals surface area contributed by atoms with Crippen LogP contribution in [-0.2, 0) is 52.0 Å². The van der Waals surface area contributed by atoms with E-state index in [1.54, 1.807) is 20.8 Å². The Morgan fingerprint density at radius 2 is 1.38 bits per heavy atom. The molecule has 0 fully saturated rings. The van der Waals surface area contributed by atoms with E-state index in [4.69, 9.17) is 28.2 Å². The van der Waals surface area contributed by atoms with Gasteiger partial charge in [0.1, 0.15) is 5.66 Å². The summed E-state index contributed by atoms with van der Waals surface area (Å²) in [6.45, 7) is 7.56. The molecule has 12 nitrogen and oxygen atoms in total. The molecule has 0 radical (unpaired) electrons. The number of ether oxygens (including phenoxy) is 5. The molecule has 0 aliphatic carbocycles. The number of hydrogen-bond donors (Lipinski definition) is 0. The average molecular weight is 509 g/mol. The summed E-state index contributed by atoms with van der Waals surface area (Å²) in [7, 11) is -2.79. The van der Waals surface area contributed by atoms with E-state index < -0.39 is 61.4 Å². The zero-order chi connectivity index (χ0) is 26.2. The van der Waals surface area contributed by atoms with Gasteiger partial charge in [-0.1, -0.05) is 0 Å². The van der Waals surface area contributed by atoms with E-state index in [9.17, 15) is 23.7 Å². The molecule has 2 unspecified atom stereocenters. The van der Waals surface area contributed by atoms with Crippen molar-refractivity contribution in [3.8, 4) is 0 Å². The van der Waals surface area contributed by atoms with Crippen LogP contribution in [0, 0.1) is 0 Å². The summed E-state index contributed by atoms with van der Waals surface area (Å²) in [5, 5.41) is 0. The minimum atomic E-state index is -4.04. The molecule has 0 rings (SSSR count). The van der Waals surface area contributed by atoms with Crippen molar-refractivity contribution in [2.45, 2.75) is 58.7 Å². The van der Waals surface area contributed by atoms with E-state index in [0.29, 0.717) is 0 Å². The van der Waals surface area contributed by atoms with Crippen LogP contribution >= 0.6 is 7.37 Å². The lowest BCUT2D eigenvalue weighted by Gasteiger charge is -2.29. The molecule has 0 heterocycles. The minimum absolute atomic E-state index is 0.0298. The van der Waals surface area contributed by atoms with Crippen molar-refractivity contribution in [3.63, 3.8) is 0 Å². The summed E-state index contributed by atoms with van der Waals surface area (Å²) in [6.07, 6.45) is -0.721. The molecule has 0 aliphatic heterocycles.